The van der Waals surface area contributed by atoms with Gasteiger partial charge in [0.2, 0.25) is 0 Å². The SMILES string of the molecule is COc1ccc(C/C=C\[C@H](C)OC(=O)c2ccccn2)c(OC)c1. The van der Waals surface area contributed by atoms with Crippen LogP contribution < -0.4 is 9.47 Å². The van der Waals surface area contributed by atoms with E-state index in [1.165, 1.54) is 0 Å². The minimum atomic E-state index is -0.435. The van der Waals surface area contributed by atoms with Crippen LogP contribution in [0.4, 0.5) is 0 Å². The van der Waals surface area contributed by atoms with E-state index >= 15 is 0 Å². The van der Waals surface area contributed by atoms with Crippen molar-refractivity contribution in [3.8, 4) is 11.5 Å². The molecule has 0 aliphatic carbocycles. The van der Waals surface area contributed by atoms with Gasteiger partial charge in [0.1, 0.15) is 23.3 Å². The molecule has 1 atom stereocenters. The van der Waals surface area contributed by atoms with Gasteiger partial charge in [-0.2, -0.15) is 0 Å². The summed E-state index contributed by atoms with van der Waals surface area (Å²) in [5.41, 5.74) is 1.33. The molecule has 0 saturated carbocycles. The normalized spacial score (nSPS) is 12.0. The summed E-state index contributed by atoms with van der Waals surface area (Å²) in [5.74, 6) is 1.07. The second kappa shape index (κ2) is 8.72. The molecular formula is C19H21NO4. The molecule has 0 aliphatic heterocycles. The molecule has 0 saturated heterocycles. The molecule has 0 spiro atoms. The van der Waals surface area contributed by atoms with Crippen molar-refractivity contribution in [1.29, 1.82) is 0 Å². The largest absolute Gasteiger partial charge is 0.497 e. The number of allylic oxidation sites excluding steroid dienone is 1. The average Bonchev–Trinajstić information content (AvgIpc) is 2.62. The Morgan fingerprint density at radius 3 is 2.71 bits per heavy atom. The molecule has 5 nitrogen and oxygen atoms in total. The number of methoxy groups -OCH3 is 2. The van der Waals surface area contributed by atoms with Crippen LogP contribution in [0.1, 0.15) is 23.0 Å². The molecule has 24 heavy (non-hydrogen) atoms. The average molecular weight is 327 g/mol. The van der Waals surface area contributed by atoms with E-state index in [0.29, 0.717) is 12.1 Å². The summed E-state index contributed by atoms with van der Waals surface area (Å²) in [5, 5.41) is 0. The molecule has 0 amide bonds. The zero-order valence-corrected chi connectivity index (χ0v) is 14.1. The van der Waals surface area contributed by atoms with Gasteiger partial charge in [-0.25, -0.2) is 9.78 Å². The van der Waals surface area contributed by atoms with Gasteiger partial charge in [0.05, 0.1) is 14.2 Å². The molecule has 1 heterocycles. The molecule has 0 N–H and O–H groups in total. The number of benzene rings is 1. The molecule has 0 aliphatic rings. The molecule has 0 bridgehead atoms. The first kappa shape index (κ1) is 17.5. The maximum Gasteiger partial charge on any atom is 0.357 e. The van der Waals surface area contributed by atoms with Gasteiger partial charge in [0.25, 0.3) is 0 Å². The zero-order valence-electron chi connectivity index (χ0n) is 14.1. The Kier molecular flexibility index (Phi) is 6.37. The number of pyridine rings is 1. The Labute approximate surface area is 141 Å². The van der Waals surface area contributed by atoms with E-state index in [0.717, 1.165) is 17.1 Å². The lowest BCUT2D eigenvalue weighted by molar-refractivity contribution is 0.0417. The second-order valence-electron chi connectivity index (χ2n) is 5.14. The molecule has 1 aromatic carbocycles. The standard InChI is InChI=1S/C19H21NO4/c1-14(24-19(21)17-9-4-5-12-20-17)7-6-8-15-10-11-16(22-2)13-18(15)23-3/h4-7,9-14H,8H2,1-3H3/b7-6-/t14-/m0/s1. The summed E-state index contributed by atoms with van der Waals surface area (Å²) in [6, 6.07) is 10.8. The van der Waals surface area contributed by atoms with E-state index in [1.54, 1.807) is 38.6 Å². The van der Waals surface area contributed by atoms with Crippen LogP contribution in [0.5, 0.6) is 11.5 Å². The Balaban J connectivity index is 1.93. The topological polar surface area (TPSA) is 57.7 Å². The smallest absolute Gasteiger partial charge is 0.357 e. The lowest BCUT2D eigenvalue weighted by atomic mass is 10.1. The number of hydrogen-bond acceptors (Lipinski definition) is 5. The van der Waals surface area contributed by atoms with Crippen molar-refractivity contribution in [3.05, 3.63) is 66.0 Å². The zero-order chi connectivity index (χ0) is 17.4. The predicted octanol–water partition coefficient (Wildman–Crippen LogP) is 3.44. The fraction of sp³-hybridized carbons (Fsp3) is 0.263. The van der Waals surface area contributed by atoms with Crippen LogP contribution in [0.15, 0.2) is 54.7 Å². The number of ether oxygens (including phenoxy) is 3. The maximum atomic E-state index is 11.9. The summed E-state index contributed by atoms with van der Waals surface area (Å²) in [6.45, 7) is 1.81. The van der Waals surface area contributed by atoms with Crippen molar-refractivity contribution >= 4 is 5.97 Å². The van der Waals surface area contributed by atoms with Gasteiger partial charge < -0.3 is 14.2 Å². The number of carbonyl (C=O) groups is 1. The van der Waals surface area contributed by atoms with Crippen molar-refractivity contribution in [2.24, 2.45) is 0 Å². The number of aromatic nitrogens is 1. The van der Waals surface area contributed by atoms with Gasteiger partial charge in [-0.05, 0) is 43.2 Å². The van der Waals surface area contributed by atoms with Crippen LogP contribution in [-0.2, 0) is 11.2 Å². The Morgan fingerprint density at radius 2 is 2.04 bits per heavy atom. The molecule has 2 rings (SSSR count). The first-order chi connectivity index (χ1) is 11.6. The Bertz CT molecular complexity index is 698. The number of nitrogens with zero attached hydrogens (tertiary/aromatic N) is 1. The number of esters is 1. The van der Waals surface area contributed by atoms with Crippen LogP contribution in [-0.4, -0.2) is 31.3 Å². The fourth-order valence-electron chi connectivity index (χ4n) is 2.16. The molecule has 1 aromatic heterocycles. The molecule has 2 aromatic rings. The predicted molar refractivity (Wildman–Crippen MR) is 91.5 cm³/mol. The molecule has 0 unspecified atom stereocenters. The highest BCUT2D eigenvalue weighted by Crippen LogP contribution is 2.25. The highest BCUT2D eigenvalue weighted by Gasteiger charge is 2.10. The Morgan fingerprint density at radius 1 is 1.21 bits per heavy atom. The van der Waals surface area contributed by atoms with Crippen LogP contribution in [0.3, 0.4) is 0 Å². The second-order valence-corrected chi connectivity index (χ2v) is 5.14. The molecule has 126 valence electrons. The van der Waals surface area contributed by atoms with Crippen LogP contribution >= 0.6 is 0 Å². The van der Waals surface area contributed by atoms with Crippen molar-refractivity contribution in [1.82, 2.24) is 4.98 Å². The third-order valence-corrected chi connectivity index (χ3v) is 3.41. The van der Waals surface area contributed by atoms with Gasteiger partial charge in [-0.1, -0.05) is 18.2 Å². The Hall–Kier alpha value is -2.82. The van der Waals surface area contributed by atoms with E-state index < -0.39 is 5.97 Å². The van der Waals surface area contributed by atoms with Crippen LogP contribution in [0.2, 0.25) is 0 Å². The lowest BCUT2D eigenvalue weighted by Gasteiger charge is -2.10. The number of hydrogen-bond donors (Lipinski definition) is 0. The monoisotopic (exact) mass is 327 g/mol. The molecule has 5 heteroatoms. The molecular weight excluding hydrogens is 306 g/mol. The van der Waals surface area contributed by atoms with Gasteiger partial charge in [0.15, 0.2) is 0 Å². The van der Waals surface area contributed by atoms with Gasteiger partial charge in [0, 0.05) is 12.3 Å². The van der Waals surface area contributed by atoms with Gasteiger partial charge in [-0.3, -0.25) is 0 Å². The third kappa shape index (κ3) is 4.84. The van der Waals surface area contributed by atoms with Crippen LogP contribution in [0.25, 0.3) is 0 Å². The van der Waals surface area contributed by atoms with Crippen LogP contribution in [0, 0.1) is 0 Å². The van der Waals surface area contributed by atoms with Gasteiger partial charge >= 0.3 is 5.97 Å². The summed E-state index contributed by atoms with van der Waals surface area (Å²) in [7, 11) is 3.24. The third-order valence-electron chi connectivity index (χ3n) is 3.41. The van der Waals surface area contributed by atoms with Crippen molar-refractivity contribution < 1.29 is 19.0 Å². The maximum absolute atomic E-state index is 11.9. The van der Waals surface area contributed by atoms with Crippen molar-refractivity contribution in [2.75, 3.05) is 14.2 Å². The highest BCUT2D eigenvalue weighted by atomic mass is 16.5. The van der Waals surface area contributed by atoms with Crippen molar-refractivity contribution in [2.45, 2.75) is 19.4 Å². The van der Waals surface area contributed by atoms with E-state index in [-0.39, 0.29) is 6.10 Å². The lowest BCUT2D eigenvalue weighted by Crippen LogP contribution is -2.14. The van der Waals surface area contributed by atoms with E-state index in [4.69, 9.17) is 14.2 Å². The number of carbonyl (C=O) groups excluding carboxylic acids is 1. The summed E-state index contributed by atoms with van der Waals surface area (Å²) in [4.78, 5) is 15.9. The van der Waals surface area contributed by atoms with Gasteiger partial charge in [-0.15, -0.1) is 0 Å². The quantitative estimate of drug-likeness (QED) is 0.576. The first-order valence-electron chi connectivity index (χ1n) is 7.63. The summed E-state index contributed by atoms with van der Waals surface area (Å²) in [6.07, 6.45) is 5.67. The minimum Gasteiger partial charge on any atom is -0.497 e. The summed E-state index contributed by atoms with van der Waals surface area (Å²) >= 11 is 0. The first-order valence-corrected chi connectivity index (χ1v) is 7.63. The molecule has 0 radical (unpaired) electrons. The van der Waals surface area contributed by atoms with E-state index in [2.05, 4.69) is 4.98 Å². The summed E-state index contributed by atoms with van der Waals surface area (Å²) < 4.78 is 15.9. The highest BCUT2D eigenvalue weighted by molar-refractivity contribution is 5.87. The van der Waals surface area contributed by atoms with E-state index in [1.807, 2.05) is 37.3 Å². The van der Waals surface area contributed by atoms with Crippen molar-refractivity contribution in [3.63, 3.8) is 0 Å². The minimum absolute atomic E-state index is 0.301. The fourth-order valence-corrected chi connectivity index (χ4v) is 2.16. The number of rotatable bonds is 7. The van der Waals surface area contributed by atoms with E-state index in [9.17, 15) is 4.79 Å². The molecule has 0 fully saturated rings.